The number of fused-ring (bicyclic) bond motifs is 2. The highest BCUT2D eigenvalue weighted by molar-refractivity contribution is 6.31. The van der Waals surface area contributed by atoms with E-state index in [9.17, 15) is 19.5 Å². The Morgan fingerprint density at radius 2 is 1.60 bits per heavy atom. The van der Waals surface area contributed by atoms with E-state index in [0.29, 0.717) is 11.1 Å². The fraction of sp³-hybridized carbons (Fsp3) is 0.208. The maximum atomic E-state index is 13.0. The van der Waals surface area contributed by atoms with Crippen LogP contribution in [0.5, 0.6) is 0 Å². The normalized spacial score (nSPS) is 20.0. The molecule has 0 fully saturated rings. The number of carboxylic acid groups (broad SMARTS) is 1. The van der Waals surface area contributed by atoms with Gasteiger partial charge < -0.3 is 14.8 Å². The molecule has 2 aromatic carbocycles. The molecular formula is C24H21N2O4-. The van der Waals surface area contributed by atoms with Gasteiger partial charge in [0.15, 0.2) is 0 Å². The van der Waals surface area contributed by atoms with Crippen molar-refractivity contribution < 1.29 is 19.5 Å². The van der Waals surface area contributed by atoms with Crippen molar-refractivity contribution >= 4 is 29.0 Å². The molecule has 0 N–H and O–H groups in total. The number of carboxylic acids is 1. The topological polar surface area (TPSA) is 80.8 Å². The van der Waals surface area contributed by atoms with Crippen LogP contribution in [0.1, 0.15) is 35.3 Å². The zero-order valence-corrected chi connectivity index (χ0v) is 17.0. The second-order valence-electron chi connectivity index (χ2n) is 7.95. The van der Waals surface area contributed by atoms with E-state index >= 15 is 0 Å². The number of aliphatic carboxylic acids is 1. The number of anilines is 1. The summed E-state index contributed by atoms with van der Waals surface area (Å²) in [5, 5.41) is 11.1. The van der Waals surface area contributed by atoms with Gasteiger partial charge in [-0.05, 0) is 35.4 Å². The lowest BCUT2D eigenvalue weighted by Gasteiger charge is -2.29. The predicted molar refractivity (Wildman–Crippen MR) is 111 cm³/mol. The summed E-state index contributed by atoms with van der Waals surface area (Å²) in [4.78, 5) is 39.5. The predicted octanol–water partition coefficient (Wildman–Crippen LogP) is 2.11. The van der Waals surface area contributed by atoms with Crippen molar-refractivity contribution in [2.24, 2.45) is 0 Å². The molecule has 0 unspecified atom stereocenters. The van der Waals surface area contributed by atoms with Crippen molar-refractivity contribution in [1.29, 1.82) is 0 Å². The number of hydrogen-bond acceptors (Lipinski definition) is 5. The van der Waals surface area contributed by atoms with E-state index in [2.05, 4.69) is 24.8 Å². The van der Waals surface area contributed by atoms with Crippen LogP contribution in [-0.2, 0) is 15.0 Å². The molecule has 152 valence electrons. The van der Waals surface area contributed by atoms with Crippen LogP contribution in [0.2, 0.25) is 0 Å². The number of hydrogen-bond donors (Lipinski definition) is 0. The maximum Gasteiger partial charge on any atom is 0.261 e. The number of rotatable bonds is 3. The van der Waals surface area contributed by atoms with Gasteiger partial charge in [0, 0.05) is 35.0 Å². The number of imide groups is 1. The summed E-state index contributed by atoms with van der Waals surface area (Å²) in [5.74, 6) is -2.76. The molecular weight excluding hydrogens is 380 g/mol. The highest BCUT2D eigenvalue weighted by Gasteiger charge is 2.38. The molecule has 0 radical (unpaired) electrons. The molecule has 0 aliphatic carbocycles. The number of nitrogens with zero attached hydrogens (tertiary/aromatic N) is 2. The minimum Gasteiger partial charge on any atom is -0.548 e. The van der Waals surface area contributed by atoms with E-state index in [-0.39, 0.29) is 11.0 Å². The molecule has 2 aliphatic rings. The Morgan fingerprint density at radius 1 is 0.967 bits per heavy atom. The van der Waals surface area contributed by atoms with Crippen molar-refractivity contribution in [2.45, 2.75) is 19.3 Å². The summed E-state index contributed by atoms with van der Waals surface area (Å²) >= 11 is 0. The average molecular weight is 401 g/mol. The summed E-state index contributed by atoms with van der Waals surface area (Å²) in [5.41, 5.74) is 4.06. The van der Waals surface area contributed by atoms with Crippen molar-refractivity contribution in [1.82, 2.24) is 4.90 Å². The molecule has 4 rings (SSSR count). The first kappa shape index (κ1) is 19.6. The second-order valence-corrected chi connectivity index (χ2v) is 7.95. The number of para-hydroxylation sites is 1. The van der Waals surface area contributed by atoms with E-state index in [1.54, 1.807) is 30.3 Å². The third kappa shape index (κ3) is 2.92. The van der Waals surface area contributed by atoms with Gasteiger partial charge in [0.2, 0.25) is 0 Å². The number of allylic oxidation sites excluding steroid dienone is 3. The van der Waals surface area contributed by atoms with Gasteiger partial charge in [0.25, 0.3) is 11.8 Å². The van der Waals surface area contributed by atoms with Crippen LogP contribution in [0, 0.1) is 0 Å². The number of benzene rings is 2. The van der Waals surface area contributed by atoms with Crippen LogP contribution in [0.4, 0.5) is 5.69 Å². The Bertz CT molecular complexity index is 1140. The fourth-order valence-electron chi connectivity index (χ4n) is 4.30. The van der Waals surface area contributed by atoms with Crippen molar-refractivity contribution in [3.8, 4) is 0 Å². The zero-order valence-electron chi connectivity index (χ0n) is 17.0. The molecule has 0 saturated carbocycles. The van der Waals surface area contributed by atoms with Crippen LogP contribution >= 0.6 is 0 Å². The lowest BCUT2D eigenvalue weighted by molar-refractivity contribution is -0.305. The summed E-state index contributed by atoms with van der Waals surface area (Å²) in [7, 11) is 1.97. The van der Waals surface area contributed by atoms with Crippen LogP contribution in [0.3, 0.4) is 0 Å². The minimum absolute atomic E-state index is 0.277. The van der Waals surface area contributed by atoms with Crippen molar-refractivity contribution in [2.75, 3.05) is 18.5 Å². The lowest BCUT2D eigenvalue weighted by atomic mass is 9.83. The Hall–Kier alpha value is -3.67. The molecule has 0 saturated heterocycles. The van der Waals surface area contributed by atoms with E-state index in [1.807, 2.05) is 31.3 Å². The molecule has 0 aromatic heterocycles. The summed E-state index contributed by atoms with van der Waals surface area (Å²) in [6.07, 6.45) is 3.55. The first-order valence-corrected chi connectivity index (χ1v) is 9.64. The maximum absolute atomic E-state index is 13.0. The highest BCUT2D eigenvalue weighted by atomic mass is 16.4. The Kier molecular flexibility index (Phi) is 4.57. The summed E-state index contributed by atoms with van der Waals surface area (Å²) < 4.78 is 0. The van der Waals surface area contributed by atoms with Crippen molar-refractivity contribution in [3.05, 3.63) is 83.1 Å². The molecule has 0 spiro atoms. The average Bonchev–Trinajstić information content (AvgIpc) is 2.91. The van der Waals surface area contributed by atoms with Gasteiger partial charge in [-0.2, -0.15) is 0 Å². The van der Waals surface area contributed by atoms with Crippen molar-refractivity contribution in [3.63, 3.8) is 0 Å². The highest BCUT2D eigenvalue weighted by Crippen LogP contribution is 2.46. The van der Waals surface area contributed by atoms with Gasteiger partial charge in [0.1, 0.15) is 0 Å². The quantitative estimate of drug-likeness (QED) is 0.581. The molecule has 2 amide bonds. The van der Waals surface area contributed by atoms with E-state index in [1.165, 1.54) is 5.56 Å². The largest absolute Gasteiger partial charge is 0.548 e. The van der Waals surface area contributed by atoms with Gasteiger partial charge in [-0.3, -0.25) is 14.5 Å². The lowest BCUT2D eigenvalue weighted by Crippen LogP contribution is -2.47. The molecule has 2 aromatic rings. The second kappa shape index (κ2) is 6.99. The molecule has 2 aliphatic heterocycles. The molecule has 0 bridgehead atoms. The van der Waals surface area contributed by atoms with Gasteiger partial charge in [-0.1, -0.05) is 50.2 Å². The van der Waals surface area contributed by atoms with Crippen LogP contribution in [0.15, 0.2) is 66.4 Å². The molecule has 6 heteroatoms. The Balaban J connectivity index is 1.83. The van der Waals surface area contributed by atoms with Crippen LogP contribution in [0.25, 0.3) is 5.57 Å². The summed E-state index contributed by atoms with van der Waals surface area (Å²) in [6, 6.07) is 14.8. The SMILES string of the molecule is CN1/C(=C\C=C2C(=O)N(CC(=O)[O-])C(=O)c3ccccc32)C(C)(C)c2ccccc21. The molecule has 2 heterocycles. The van der Waals surface area contributed by atoms with Crippen LogP contribution < -0.4 is 10.0 Å². The summed E-state index contributed by atoms with van der Waals surface area (Å²) in [6.45, 7) is 3.45. The zero-order chi connectivity index (χ0) is 21.6. The molecule has 30 heavy (non-hydrogen) atoms. The first-order valence-electron chi connectivity index (χ1n) is 9.64. The van der Waals surface area contributed by atoms with E-state index < -0.39 is 24.3 Å². The number of carbonyl (C=O) groups is 3. The van der Waals surface area contributed by atoms with Gasteiger partial charge in [-0.25, -0.2) is 0 Å². The molecule has 6 nitrogen and oxygen atoms in total. The number of likely N-dealkylation sites (N-methyl/N-ethyl adjacent to an activating group) is 1. The Morgan fingerprint density at radius 3 is 2.27 bits per heavy atom. The van der Waals surface area contributed by atoms with Gasteiger partial charge in [-0.15, -0.1) is 0 Å². The standard InChI is InChI=1S/C24H22N2O4/c1-24(2)18-10-6-7-11-19(18)25(3)20(24)13-12-17-15-8-4-5-9-16(15)22(29)26(23(17)30)14-21(27)28/h4-13H,14H2,1-3H3,(H,27,28)/p-1/b17-12?,20-13-. The first-order chi connectivity index (χ1) is 14.2. The van der Waals surface area contributed by atoms with Gasteiger partial charge >= 0.3 is 0 Å². The smallest absolute Gasteiger partial charge is 0.261 e. The van der Waals surface area contributed by atoms with E-state index in [4.69, 9.17) is 0 Å². The number of amides is 2. The monoisotopic (exact) mass is 401 g/mol. The Labute approximate surface area is 174 Å². The number of carbonyl (C=O) groups excluding carboxylic acids is 3. The van der Waals surface area contributed by atoms with Crippen LogP contribution in [-0.4, -0.2) is 36.3 Å². The van der Waals surface area contributed by atoms with Gasteiger partial charge in [0.05, 0.1) is 12.5 Å². The minimum atomic E-state index is -1.49. The third-order valence-electron chi connectivity index (χ3n) is 5.80. The molecule has 0 atom stereocenters. The fourth-order valence-corrected chi connectivity index (χ4v) is 4.30. The van der Waals surface area contributed by atoms with E-state index in [0.717, 1.165) is 16.3 Å². The third-order valence-corrected chi connectivity index (χ3v) is 5.80.